The molecule has 98 valence electrons. The van der Waals surface area contributed by atoms with Crippen molar-refractivity contribution in [2.24, 2.45) is 0 Å². The minimum absolute atomic E-state index is 0.0630. The second-order valence-electron chi connectivity index (χ2n) is 3.88. The highest BCUT2D eigenvalue weighted by Gasteiger charge is 2.17. The molecular formula is C13H15FO4. The van der Waals surface area contributed by atoms with E-state index in [4.69, 9.17) is 9.84 Å². The molecule has 0 radical (unpaired) electrons. The normalized spacial score (nSPS) is 11.9. The summed E-state index contributed by atoms with van der Waals surface area (Å²) in [5.41, 5.74) is 0.679. The molecule has 0 bridgehead atoms. The fourth-order valence-electron chi connectivity index (χ4n) is 1.71. The second kappa shape index (κ2) is 6.74. The first-order valence-electron chi connectivity index (χ1n) is 5.59. The van der Waals surface area contributed by atoms with Crippen LogP contribution in [0.15, 0.2) is 24.3 Å². The minimum atomic E-state index is -1.05. The summed E-state index contributed by atoms with van der Waals surface area (Å²) in [5.74, 6) is -1.55. The van der Waals surface area contributed by atoms with Gasteiger partial charge in [0.05, 0.1) is 12.2 Å². The van der Waals surface area contributed by atoms with Gasteiger partial charge < -0.3 is 9.84 Å². The van der Waals surface area contributed by atoms with Crippen LogP contribution in [-0.4, -0.2) is 29.8 Å². The Bertz CT molecular complexity index is 431. The van der Waals surface area contributed by atoms with E-state index in [0.717, 1.165) is 0 Å². The van der Waals surface area contributed by atoms with Crippen molar-refractivity contribution in [3.63, 3.8) is 0 Å². The molecule has 0 aromatic heterocycles. The Hall–Kier alpha value is -1.91. The van der Waals surface area contributed by atoms with E-state index in [1.54, 1.807) is 18.2 Å². The highest BCUT2D eigenvalue weighted by Crippen LogP contribution is 2.15. The van der Waals surface area contributed by atoms with Gasteiger partial charge in [0.1, 0.15) is 6.10 Å². The first-order valence-corrected chi connectivity index (χ1v) is 5.59. The topological polar surface area (TPSA) is 63.6 Å². The van der Waals surface area contributed by atoms with Crippen LogP contribution in [0.1, 0.15) is 29.3 Å². The lowest BCUT2D eigenvalue weighted by Gasteiger charge is -2.16. The predicted octanol–water partition coefficient (Wildman–Crippen LogP) is 2.22. The Kier molecular flexibility index (Phi) is 5.30. The molecular weight excluding hydrogens is 239 g/mol. The molecule has 1 unspecified atom stereocenters. The van der Waals surface area contributed by atoms with Crippen LogP contribution in [0.4, 0.5) is 4.39 Å². The van der Waals surface area contributed by atoms with Crippen molar-refractivity contribution in [3.8, 4) is 0 Å². The lowest BCUT2D eigenvalue weighted by molar-refractivity contribution is -0.146. The maximum atomic E-state index is 12.3. The van der Waals surface area contributed by atoms with Crippen LogP contribution >= 0.6 is 0 Å². The van der Waals surface area contributed by atoms with E-state index < -0.39 is 24.7 Å². The molecule has 5 heteroatoms. The van der Waals surface area contributed by atoms with Crippen LogP contribution in [0.2, 0.25) is 0 Å². The molecule has 1 atom stereocenters. The maximum Gasteiger partial charge on any atom is 0.335 e. The summed E-state index contributed by atoms with van der Waals surface area (Å²) in [5, 5.41) is 9.01. The molecule has 0 amide bonds. The summed E-state index contributed by atoms with van der Waals surface area (Å²) in [6, 6.07) is 6.42. The number of carboxylic acids is 1. The predicted molar refractivity (Wildman–Crippen MR) is 63.3 cm³/mol. The molecule has 0 aliphatic rings. The molecule has 0 aliphatic carbocycles. The van der Waals surface area contributed by atoms with Crippen molar-refractivity contribution in [1.82, 2.24) is 0 Å². The standard InChI is InChI=1S/C13H15FO4/c1-9(15)18-11(6-7-14)8-10-4-2-3-5-12(10)13(16)17/h2-5,11H,6-8H2,1H3,(H,16,17). The van der Waals surface area contributed by atoms with Crippen molar-refractivity contribution in [2.75, 3.05) is 6.67 Å². The summed E-state index contributed by atoms with van der Waals surface area (Å²) in [6.07, 6.45) is -0.368. The third kappa shape index (κ3) is 4.16. The van der Waals surface area contributed by atoms with Crippen molar-refractivity contribution in [1.29, 1.82) is 0 Å². The lowest BCUT2D eigenvalue weighted by Crippen LogP contribution is -2.21. The fourth-order valence-corrected chi connectivity index (χ4v) is 1.71. The van der Waals surface area contributed by atoms with Crippen LogP contribution in [0.3, 0.4) is 0 Å². The molecule has 0 saturated heterocycles. The van der Waals surface area contributed by atoms with E-state index >= 15 is 0 Å². The number of rotatable bonds is 6. The molecule has 0 heterocycles. The maximum absolute atomic E-state index is 12.3. The van der Waals surface area contributed by atoms with Gasteiger partial charge in [0.15, 0.2) is 0 Å². The van der Waals surface area contributed by atoms with Gasteiger partial charge in [0, 0.05) is 19.8 Å². The zero-order valence-corrected chi connectivity index (χ0v) is 10.1. The van der Waals surface area contributed by atoms with Gasteiger partial charge in [-0.1, -0.05) is 18.2 Å². The number of carboxylic acid groups (broad SMARTS) is 1. The molecule has 0 fully saturated rings. The molecule has 4 nitrogen and oxygen atoms in total. The Morgan fingerprint density at radius 1 is 1.39 bits per heavy atom. The van der Waals surface area contributed by atoms with Gasteiger partial charge in [0.2, 0.25) is 0 Å². The van der Waals surface area contributed by atoms with Crippen LogP contribution in [-0.2, 0) is 16.0 Å². The third-order valence-electron chi connectivity index (χ3n) is 2.46. The number of ether oxygens (including phenoxy) is 1. The van der Waals surface area contributed by atoms with Crippen LogP contribution in [0.5, 0.6) is 0 Å². The van der Waals surface area contributed by atoms with Gasteiger partial charge in [-0.2, -0.15) is 0 Å². The Balaban J connectivity index is 2.85. The Morgan fingerprint density at radius 2 is 2.06 bits per heavy atom. The van der Waals surface area contributed by atoms with Crippen molar-refractivity contribution in [3.05, 3.63) is 35.4 Å². The number of hydrogen-bond acceptors (Lipinski definition) is 3. The van der Waals surface area contributed by atoms with E-state index in [1.165, 1.54) is 13.0 Å². The SMILES string of the molecule is CC(=O)OC(CCF)Cc1ccccc1C(=O)O. The summed E-state index contributed by atoms with van der Waals surface area (Å²) in [4.78, 5) is 21.9. The van der Waals surface area contributed by atoms with Gasteiger partial charge in [0.25, 0.3) is 0 Å². The van der Waals surface area contributed by atoms with Crippen molar-refractivity contribution < 1.29 is 23.8 Å². The highest BCUT2D eigenvalue weighted by atomic mass is 19.1. The number of aromatic carboxylic acids is 1. The zero-order valence-electron chi connectivity index (χ0n) is 10.1. The van der Waals surface area contributed by atoms with Crippen LogP contribution in [0.25, 0.3) is 0 Å². The second-order valence-corrected chi connectivity index (χ2v) is 3.88. The quantitative estimate of drug-likeness (QED) is 0.790. The number of hydrogen-bond donors (Lipinski definition) is 1. The van der Waals surface area contributed by atoms with Crippen LogP contribution < -0.4 is 0 Å². The molecule has 1 aromatic rings. The minimum Gasteiger partial charge on any atom is -0.478 e. The van der Waals surface area contributed by atoms with Gasteiger partial charge >= 0.3 is 11.9 Å². The number of carbonyl (C=O) groups is 2. The fraction of sp³-hybridized carbons (Fsp3) is 0.385. The third-order valence-corrected chi connectivity index (χ3v) is 2.46. The molecule has 0 saturated carbocycles. The number of benzene rings is 1. The first kappa shape index (κ1) is 14.2. The van der Waals surface area contributed by atoms with E-state index in [-0.39, 0.29) is 18.4 Å². The number of halogens is 1. The summed E-state index contributed by atoms with van der Waals surface area (Å²) in [7, 11) is 0. The van der Waals surface area contributed by atoms with Gasteiger partial charge in [-0.05, 0) is 11.6 Å². The molecule has 18 heavy (non-hydrogen) atoms. The van der Waals surface area contributed by atoms with Gasteiger partial charge in [-0.15, -0.1) is 0 Å². The van der Waals surface area contributed by atoms with Crippen LogP contribution in [0, 0.1) is 0 Å². The van der Waals surface area contributed by atoms with Crippen molar-refractivity contribution >= 4 is 11.9 Å². The molecule has 0 aliphatic heterocycles. The van der Waals surface area contributed by atoms with Crippen molar-refractivity contribution in [2.45, 2.75) is 25.9 Å². The number of carbonyl (C=O) groups excluding carboxylic acids is 1. The van der Waals surface area contributed by atoms with E-state index in [0.29, 0.717) is 5.56 Å². The van der Waals surface area contributed by atoms with E-state index in [2.05, 4.69) is 0 Å². The largest absolute Gasteiger partial charge is 0.478 e. The van der Waals surface area contributed by atoms with E-state index in [9.17, 15) is 14.0 Å². The number of alkyl halides is 1. The Labute approximate surface area is 104 Å². The average molecular weight is 254 g/mol. The molecule has 1 aromatic carbocycles. The molecule has 1 rings (SSSR count). The number of esters is 1. The molecule has 0 spiro atoms. The average Bonchev–Trinajstić information content (AvgIpc) is 2.28. The summed E-state index contributed by atoms with van der Waals surface area (Å²) >= 11 is 0. The van der Waals surface area contributed by atoms with Gasteiger partial charge in [-0.25, -0.2) is 4.79 Å². The lowest BCUT2D eigenvalue weighted by atomic mass is 10.0. The monoisotopic (exact) mass is 254 g/mol. The van der Waals surface area contributed by atoms with E-state index in [1.807, 2.05) is 0 Å². The highest BCUT2D eigenvalue weighted by molar-refractivity contribution is 5.89. The summed E-state index contributed by atoms with van der Waals surface area (Å²) < 4.78 is 17.3. The summed E-state index contributed by atoms with van der Waals surface area (Å²) in [6.45, 7) is 0.627. The Morgan fingerprint density at radius 3 is 2.61 bits per heavy atom. The smallest absolute Gasteiger partial charge is 0.335 e. The van der Waals surface area contributed by atoms with Gasteiger partial charge in [-0.3, -0.25) is 9.18 Å². The molecule has 1 N–H and O–H groups in total. The zero-order chi connectivity index (χ0) is 13.5. The first-order chi connectivity index (χ1) is 8.54.